The van der Waals surface area contributed by atoms with Crippen LogP contribution in [-0.4, -0.2) is 9.97 Å². The highest BCUT2D eigenvalue weighted by molar-refractivity contribution is 6.03. The zero-order valence-electron chi connectivity index (χ0n) is 27.3. The van der Waals surface area contributed by atoms with Crippen molar-refractivity contribution in [1.82, 2.24) is 9.97 Å². The van der Waals surface area contributed by atoms with Gasteiger partial charge in [-0.15, -0.1) is 0 Å². The number of rotatable bonds is 2. The highest BCUT2D eigenvalue weighted by Gasteiger charge is 2.52. The SMILES string of the molecule is CC1(C)c2ccccc2C2(c3ccccc3Oc3ccc(-c4ccc(-c5ccc6ccc7cccnc7c6n5)cc4)cc32)c2ccccc21. The average molecular weight is 629 g/mol. The summed E-state index contributed by atoms with van der Waals surface area (Å²) in [5.41, 5.74) is 13.1. The second kappa shape index (κ2) is 10.2. The van der Waals surface area contributed by atoms with Gasteiger partial charge >= 0.3 is 0 Å². The van der Waals surface area contributed by atoms with Crippen LogP contribution in [0.25, 0.3) is 44.2 Å². The molecule has 0 saturated carbocycles. The third-order valence-corrected chi connectivity index (χ3v) is 10.8. The number of ether oxygens (including phenoxy) is 1. The van der Waals surface area contributed by atoms with Crippen LogP contribution in [0, 0.1) is 0 Å². The van der Waals surface area contributed by atoms with Gasteiger partial charge in [0.15, 0.2) is 0 Å². The fraction of sp³-hybridized carbons (Fsp3) is 0.0870. The van der Waals surface area contributed by atoms with Crippen LogP contribution in [-0.2, 0) is 10.8 Å². The van der Waals surface area contributed by atoms with E-state index in [2.05, 4.69) is 164 Å². The van der Waals surface area contributed by atoms with Crippen LogP contribution in [0.5, 0.6) is 11.5 Å². The number of pyridine rings is 2. The van der Waals surface area contributed by atoms with E-state index in [1.54, 1.807) is 0 Å². The Kier molecular flexibility index (Phi) is 5.84. The van der Waals surface area contributed by atoms with Crippen LogP contribution >= 0.6 is 0 Å². The number of nitrogens with zero attached hydrogens (tertiary/aromatic N) is 2. The quantitative estimate of drug-likeness (QED) is 0.179. The molecule has 0 amide bonds. The lowest BCUT2D eigenvalue weighted by molar-refractivity contribution is 0.425. The zero-order valence-corrected chi connectivity index (χ0v) is 27.3. The molecule has 0 radical (unpaired) electrons. The maximum atomic E-state index is 6.71. The Morgan fingerprint density at radius 3 is 1.76 bits per heavy atom. The molecular weight excluding hydrogens is 597 g/mol. The minimum atomic E-state index is -0.533. The molecule has 3 heteroatoms. The molecular formula is C46H32N2O. The third kappa shape index (κ3) is 3.90. The summed E-state index contributed by atoms with van der Waals surface area (Å²) in [7, 11) is 0. The van der Waals surface area contributed by atoms with Gasteiger partial charge in [0.05, 0.1) is 22.1 Å². The zero-order chi connectivity index (χ0) is 32.7. The molecule has 0 N–H and O–H groups in total. The number of hydrogen-bond acceptors (Lipinski definition) is 3. The van der Waals surface area contributed by atoms with Gasteiger partial charge in [-0.1, -0.05) is 135 Å². The number of fused-ring (bicyclic) bond motifs is 11. The summed E-state index contributed by atoms with van der Waals surface area (Å²) in [6.07, 6.45) is 1.84. The Balaban J connectivity index is 1.15. The number of aromatic nitrogens is 2. The van der Waals surface area contributed by atoms with Crippen molar-refractivity contribution in [1.29, 1.82) is 0 Å². The van der Waals surface area contributed by atoms with Gasteiger partial charge in [0.25, 0.3) is 0 Å². The van der Waals surface area contributed by atoms with Crippen LogP contribution in [0.2, 0.25) is 0 Å². The van der Waals surface area contributed by atoms with E-state index in [0.29, 0.717) is 0 Å². The van der Waals surface area contributed by atoms with Crippen molar-refractivity contribution in [2.45, 2.75) is 24.7 Å². The van der Waals surface area contributed by atoms with Crippen molar-refractivity contribution in [3.8, 4) is 33.9 Å². The highest BCUT2D eigenvalue weighted by atomic mass is 16.5. The second-order valence-corrected chi connectivity index (χ2v) is 13.8. The van der Waals surface area contributed by atoms with Crippen molar-refractivity contribution < 1.29 is 4.74 Å². The van der Waals surface area contributed by atoms with Crippen molar-refractivity contribution >= 4 is 21.8 Å². The predicted octanol–water partition coefficient (Wildman–Crippen LogP) is 11.2. The molecule has 0 bridgehead atoms. The molecule has 0 atom stereocenters. The first-order valence-corrected chi connectivity index (χ1v) is 16.9. The number of para-hydroxylation sites is 1. The number of benzene rings is 6. The van der Waals surface area contributed by atoms with E-state index in [0.717, 1.165) is 55.7 Å². The lowest BCUT2D eigenvalue weighted by Gasteiger charge is -2.50. The maximum Gasteiger partial charge on any atom is 0.132 e. The Bertz CT molecular complexity index is 2570. The molecule has 10 rings (SSSR count). The van der Waals surface area contributed by atoms with Crippen LogP contribution in [0.3, 0.4) is 0 Å². The first kappa shape index (κ1) is 28.0. The molecule has 1 aliphatic heterocycles. The summed E-state index contributed by atoms with van der Waals surface area (Å²) in [4.78, 5) is 9.73. The molecule has 1 spiro atoms. The van der Waals surface area contributed by atoms with Gasteiger partial charge in [-0.25, -0.2) is 4.98 Å². The Hall–Kier alpha value is -6.06. The van der Waals surface area contributed by atoms with Gasteiger partial charge < -0.3 is 4.74 Å². The van der Waals surface area contributed by atoms with Crippen LogP contribution in [0.1, 0.15) is 47.2 Å². The summed E-state index contributed by atoms with van der Waals surface area (Å²) < 4.78 is 6.71. The van der Waals surface area contributed by atoms with Gasteiger partial charge in [-0.3, -0.25) is 4.98 Å². The van der Waals surface area contributed by atoms with E-state index >= 15 is 0 Å². The summed E-state index contributed by atoms with van der Waals surface area (Å²) >= 11 is 0. The first-order chi connectivity index (χ1) is 24.0. The molecule has 0 fully saturated rings. The van der Waals surface area contributed by atoms with Crippen molar-refractivity contribution in [3.63, 3.8) is 0 Å². The van der Waals surface area contributed by atoms with Gasteiger partial charge in [-0.2, -0.15) is 0 Å². The molecule has 0 unspecified atom stereocenters. The molecule has 8 aromatic rings. The molecule has 2 aromatic heterocycles. The minimum absolute atomic E-state index is 0.154. The van der Waals surface area contributed by atoms with E-state index in [4.69, 9.17) is 9.72 Å². The van der Waals surface area contributed by atoms with Gasteiger partial charge in [0.1, 0.15) is 11.5 Å². The third-order valence-electron chi connectivity index (χ3n) is 10.8. The fourth-order valence-electron chi connectivity index (χ4n) is 8.52. The average Bonchev–Trinajstić information content (AvgIpc) is 3.16. The molecule has 49 heavy (non-hydrogen) atoms. The largest absolute Gasteiger partial charge is 0.457 e. The van der Waals surface area contributed by atoms with Crippen LogP contribution < -0.4 is 4.74 Å². The Morgan fingerprint density at radius 2 is 1.02 bits per heavy atom. The Labute approximate surface area is 285 Å². The molecule has 6 aromatic carbocycles. The fourth-order valence-corrected chi connectivity index (χ4v) is 8.52. The summed E-state index contributed by atoms with van der Waals surface area (Å²) in [6, 6.07) is 54.6. The van der Waals surface area contributed by atoms with Gasteiger partial charge in [0.2, 0.25) is 0 Å². The smallest absolute Gasteiger partial charge is 0.132 e. The molecule has 3 heterocycles. The standard InChI is InChI=1S/C46H32N2O/c1-45(2)34-11-3-5-13-36(34)46(37-14-6-4-12-35(37)45)38-15-7-8-16-41(38)49-42-26-24-33(28-39(42)46)29-17-19-30(20-18-29)40-25-23-32-22-21-31-10-9-27-47-43(31)44(32)48-40/h3-28H,1-2H3. The van der Waals surface area contributed by atoms with Crippen molar-refractivity contribution in [2.24, 2.45) is 0 Å². The summed E-state index contributed by atoms with van der Waals surface area (Å²) in [5, 5.41) is 2.19. The first-order valence-electron chi connectivity index (χ1n) is 16.9. The topological polar surface area (TPSA) is 35.0 Å². The lowest BCUT2D eigenvalue weighted by atomic mass is 9.53. The lowest BCUT2D eigenvalue weighted by Crippen LogP contribution is -2.43. The maximum absolute atomic E-state index is 6.71. The highest BCUT2D eigenvalue weighted by Crippen LogP contribution is 2.61. The van der Waals surface area contributed by atoms with Crippen LogP contribution in [0.4, 0.5) is 0 Å². The molecule has 232 valence electrons. The molecule has 1 aliphatic carbocycles. The minimum Gasteiger partial charge on any atom is -0.457 e. The summed E-state index contributed by atoms with van der Waals surface area (Å²) in [5.74, 6) is 1.80. The second-order valence-electron chi connectivity index (χ2n) is 13.8. The monoisotopic (exact) mass is 628 g/mol. The van der Waals surface area contributed by atoms with Crippen LogP contribution in [0.15, 0.2) is 158 Å². The van der Waals surface area contributed by atoms with E-state index in [9.17, 15) is 0 Å². The van der Waals surface area contributed by atoms with E-state index in [1.165, 1.54) is 33.4 Å². The van der Waals surface area contributed by atoms with E-state index in [-0.39, 0.29) is 5.41 Å². The van der Waals surface area contributed by atoms with Crippen molar-refractivity contribution in [3.05, 3.63) is 191 Å². The van der Waals surface area contributed by atoms with E-state index < -0.39 is 5.41 Å². The number of hydrogen-bond donors (Lipinski definition) is 0. The molecule has 3 nitrogen and oxygen atoms in total. The molecule has 0 saturated heterocycles. The Morgan fingerprint density at radius 1 is 0.449 bits per heavy atom. The summed E-state index contributed by atoms with van der Waals surface area (Å²) in [6.45, 7) is 4.70. The normalized spacial score (nSPS) is 14.8. The van der Waals surface area contributed by atoms with Gasteiger partial charge in [-0.05, 0) is 63.7 Å². The van der Waals surface area contributed by atoms with Gasteiger partial charge in [0, 0.05) is 39.1 Å². The molecule has 2 aliphatic rings. The predicted molar refractivity (Wildman–Crippen MR) is 198 cm³/mol. The van der Waals surface area contributed by atoms with E-state index in [1.807, 2.05) is 12.3 Å². The van der Waals surface area contributed by atoms with Crippen molar-refractivity contribution in [2.75, 3.05) is 0 Å².